The van der Waals surface area contributed by atoms with Crippen LogP contribution >= 0.6 is 0 Å². The molecular formula is C24H30O8. The van der Waals surface area contributed by atoms with Crippen LogP contribution in [0.15, 0.2) is 18.2 Å². The topological polar surface area (TPSA) is 134 Å². The number of carbonyl (C=O) groups excluding carboxylic acids is 1. The minimum absolute atomic E-state index is 0.0272. The third kappa shape index (κ3) is 3.27. The molecule has 2 saturated carbocycles. The summed E-state index contributed by atoms with van der Waals surface area (Å²) in [5, 5.41) is 39.5. The van der Waals surface area contributed by atoms with Gasteiger partial charge in [0.15, 0.2) is 6.10 Å². The van der Waals surface area contributed by atoms with Gasteiger partial charge in [-0.25, -0.2) is 4.79 Å². The van der Waals surface area contributed by atoms with E-state index in [-0.39, 0.29) is 47.8 Å². The Labute approximate surface area is 191 Å². The fraction of sp³-hybridized carbons (Fsp3) is 0.667. The van der Waals surface area contributed by atoms with Crippen molar-refractivity contribution in [3.63, 3.8) is 0 Å². The smallest absolute Gasteiger partial charge is 0.335 e. The Hall–Kier alpha value is -2.00. The summed E-state index contributed by atoms with van der Waals surface area (Å²) >= 11 is 0. The number of hydrogen-bond donors (Lipinski definition) is 4. The molecule has 8 nitrogen and oxygen atoms in total. The minimum Gasteiger partial charge on any atom is -0.479 e. The van der Waals surface area contributed by atoms with Gasteiger partial charge in [0.2, 0.25) is 6.29 Å². The van der Waals surface area contributed by atoms with Crippen molar-refractivity contribution in [2.24, 2.45) is 17.3 Å². The number of carbonyl (C=O) groups is 2. The monoisotopic (exact) mass is 450 g/mol. The van der Waals surface area contributed by atoms with Gasteiger partial charge in [-0.2, -0.15) is 0 Å². The first-order valence-electron chi connectivity index (χ1n) is 13.0. The highest BCUT2D eigenvalue weighted by Crippen LogP contribution is 2.59. The lowest BCUT2D eigenvalue weighted by atomic mass is 9.55. The Morgan fingerprint density at radius 2 is 2.03 bits per heavy atom. The van der Waals surface area contributed by atoms with Crippen molar-refractivity contribution >= 4 is 11.8 Å². The quantitative estimate of drug-likeness (QED) is 0.543. The summed E-state index contributed by atoms with van der Waals surface area (Å²) in [6.07, 6.45) is -8.50. The molecule has 1 aliphatic heterocycles. The molecule has 0 spiro atoms. The first-order chi connectivity index (χ1) is 16.8. The van der Waals surface area contributed by atoms with E-state index in [4.69, 9.17) is 15.0 Å². The number of aliphatic hydroxyl groups is 3. The molecule has 0 amide bonds. The molecule has 0 bridgehead atoms. The van der Waals surface area contributed by atoms with E-state index in [1.165, 1.54) is 0 Å². The fourth-order valence-electron chi connectivity index (χ4n) is 6.11. The van der Waals surface area contributed by atoms with E-state index >= 15 is 0 Å². The number of Topliss-reactive ketones (excluding diaryl/α,β-unsaturated/α-hetero) is 1. The van der Waals surface area contributed by atoms with Crippen molar-refractivity contribution in [3.05, 3.63) is 29.3 Å². The Kier molecular flexibility index (Phi) is 4.26. The first kappa shape index (κ1) is 17.5. The van der Waals surface area contributed by atoms with E-state index in [0.717, 1.165) is 5.56 Å². The molecule has 1 heterocycles. The van der Waals surface area contributed by atoms with Crippen LogP contribution in [0.3, 0.4) is 0 Å². The maximum Gasteiger partial charge on any atom is 0.335 e. The van der Waals surface area contributed by atoms with Crippen molar-refractivity contribution in [2.75, 3.05) is 0 Å². The Morgan fingerprint density at radius 1 is 1.25 bits per heavy atom. The van der Waals surface area contributed by atoms with E-state index in [2.05, 4.69) is 0 Å². The van der Waals surface area contributed by atoms with E-state index in [0.29, 0.717) is 31.2 Å². The molecule has 0 radical (unpaired) electrons. The number of fused-ring (bicyclic) bond motifs is 5. The molecule has 0 aromatic heterocycles. The number of hydrogen-bond acceptors (Lipinski definition) is 7. The summed E-state index contributed by atoms with van der Waals surface area (Å²) in [6, 6.07) is 1.32. The zero-order valence-corrected chi connectivity index (χ0v) is 17.7. The lowest BCUT2D eigenvalue weighted by molar-refractivity contribution is -0.271. The normalized spacial score (nSPS) is 46.6. The zero-order valence-electron chi connectivity index (χ0n) is 21.7. The summed E-state index contributed by atoms with van der Waals surface area (Å²) in [5.74, 6) is -2.20. The summed E-state index contributed by atoms with van der Waals surface area (Å²) < 4.78 is 44.4. The van der Waals surface area contributed by atoms with E-state index in [1.807, 2.05) is 6.92 Å². The number of benzene rings is 1. The van der Waals surface area contributed by atoms with Crippen LogP contribution in [0.25, 0.3) is 0 Å². The molecule has 3 aliphatic carbocycles. The number of ketones is 1. The molecule has 1 saturated heterocycles. The second kappa shape index (κ2) is 7.80. The number of ether oxygens (including phenoxy) is 2. The standard InChI is InChI=1S/C24H30O8/c1-24-9-8-14-13-5-3-12(10-11(13)2-4-15(14)16(24)6-7-17(24)25)31-23-20(28)18(26)19(27)21(32-23)22(29)30/h3,5,10,14-16,18-21,23,26-28H,2,4,6-9H2,1H3,(H,29,30)/t14-,15-,16+,18+,19+,20-,21+,23-,24+/m1/s1/i3D,7D2,10D. The second-order valence-corrected chi connectivity index (χ2v) is 9.61. The van der Waals surface area contributed by atoms with Crippen molar-refractivity contribution in [3.8, 4) is 5.75 Å². The van der Waals surface area contributed by atoms with Gasteiger partial charge in [0.05, 0.1) is 2.74 Å². The van der Waals surface area contributed by atoms with Gasteiger partial charge < -0.3 is 29.9 Å². The Morgan fingerprint density at radius 3 is 2.78 bits per heavy atom. The van der Waals surface area contributed by atoms with Crippen LogP contribution in [-0.4, -0.2) is 62.9 Å². The molecule has 1 aromatic rings. The van der Waals surface area contributed by atoms with Gasteiger partial charge in [0, 0.05) is 14.5 Å². The maximum atomic E-state index is 12.8. The molecule has 3 fully saturated rings. The molecule has 9 atom stereocenters. The summed E-state index contributed by atoms with van der Waals surface area (Å²) in [5.41, 5.74) is 0.748. The number of carboxylic acids is 1. The summed E-state index contributed by atoms with van der Waals surface area (Å²) in [7, 11) is 0. The molecule has 0 unspecified atom stereocenters. The number of aliphatic hydroxyl groups excluding tert-OH is 3. The van der Waals surface area contributed by atoms with Crippen LogP contribution in [0.5, 0.6) is 5.75 Å². The van der Waals surface area contributed by atoms with Crippen LogP contribution in [0.2, 0.25) is 0 Å². The minimum atomic E-state index is -1.88. The van der Waals surface area contributed by atoms with Gasteiger partial charge in [-0.3, -0.25) is 4.79 Å². The Bertz CT molecular complexity index is 1110. The lowest BCUT2D eigenvalue weighted by Gasteiger charge is -2.48. The fourth-order valence-corrected chi connectivity index (χ4v) is 6.11. The lowest BCUT2D eigenvalue weighted by Crippen LogP contribution is -2.61. The predicted octanol–water partition coefficient (Wildman–Crippen LogP) is 1.38. The van der Waals surface area contributed by atoms with Crippen LogP contribution in [-0.2, 0) is 20.7 Å². The number of aliphatic carboxylic acids is 1. The van der Waals surface area contributed by atoms with Gasteiger partial charge in [-0.15, -0.1) is 0 Å². The van der Waals surface area contributed by atoms with Gasteiger partial charge in [-0.05, 0) is 73.1 Å². The van der Waals surface area contributed by atoms with Crippen LogP contribution in [0, 0.1) is 17.3 Å². The first-order valence-corrected chi connectivity index (χ1v) is 11.0. The predicted molar refractivity (Wildman–Crippen MR) is 111 cm³/mol. The molecule has 8 heteroatoms. The third-order valence-corrected chi connectivity index (χ3v) is 7.97. The van der Waals surface area contributed by atoms with Gasteiger partial charge in [0.1, 0.15) is 29.8 Å². The largest absolute Gasteiger partial charge is 0.479 e. The molecule has 4 aliphatic rings. The van der Waals surface area contributed by atoms with Gasteiger partial charge in [-0.1, -0.05) is 13.0 Å². The van der Waals surface area contributed by atoms with Crippen molar-refractivity contribution in [2.45, 2.75) is 82.0 Å². The van der Waals surface area contributed by atoms with E-state index < -0.39 is 48.5 Å². The molecule has 32 heavy (non-hydrogen) atoms. The molecule has 4 N–H and O–H groups in total. The van der Waals surface area contributed by atoms with E-state index in [1.54, 1.807) is 6.07 Å². The number of carboxylic acid groups (broad SMARTS) is 1. The van der Waals surface area contributed by atoms with Crippen molar-refractivity contribution in [1.29, 1.82) is 0 Å². The third-order valence-electron chi connectivity index (χ3n) is 7.97. The highest BCUT2D eigenvalue weighted by atomic mass is 16.7. The van der Waals surface area contributed by atoms with E-state index in [9.17, 15) is 30.0 Å². The van der Waals surface area contributed by atoms with Gasteiger partial charge in [0.25, 0.3) is 0 Å². The van der Waals surface area contributed by atoms with Crippen LogP contribution in [0.1, 0.15) is 61.5 Å². The van der Waals surface area contributed by atoms with Crippen LogP contribution in [0.4, 0.5) is 0 Å². The highest BCUT2D eigenvalue weighted by Gasteiger charge is 2.54. The molecular weight excluding hydrogens is 416 g/mol. The molecule has 1 aromatic carbocycles. The van der Waals surface area contributed by atoms with Crippen molar-refractivity contribution < 1.29 is 45.0 Å². The second-order valence-electron chi connectivity index (χ2n) is 9.61. The summed E-state index contributed by atoms with van der Waals surface area (Å²) in [6.45, 7) is 1.87. The zero-order chi connectivity index (χ0) is 26.3. The van der Waals surface area contributed by atoms with Crippen molar-refractivity contribution in [1.82, 2.24) is 0 Å². The molecule has 5 rings (SSSR count). The molecule has 174 valence electrons. The SMILES string of the molecule is [2H]c1cc2c(c([2H])c1O[C@@H]1O[C@H](C(=O)O)[C@@H](O)[C@H](O)[C@H]1O)CC[C@@H]1[C@@H]2CC[C@]2(C)C(=O)C([2H])([2H])C[C@@H]12. The summed E-state index contributed by atoms with van der Waals surface area (Å²) in [4.78, 5) is 24.2. The average molecular weight is 451 g/mol. The van der Waals surface area contributed by atoms with Gasteiger partial charge >= 0.3 is 5.97 Å². The Balaban J connectivity index is 1.44. The maximum absolute atomic E-state index is 12.8. The highest BCUT2D eigenvalue weighted by molar-refractivity contribution is 5.87. The average Bonchev–Trinajstić information content (AvgIpc) is 3.00. The van der Waals surface area contributed by atoms with Crippen LogP contribution < -0.4 is 4.74 Å². The number of rotatable bonds is 3.